The van der Waals surface area contributed by atoms with Crippen LogP contribution in [0.15, 0.2) is 12.3 Å². The van der Waals surface area contributed by atoms with Crippen LogP contribution in [0.5, 0.6) is 0 Å². The third-order valence-corrected chi connectivity index (χ3v) is 6.54. The van der Waals surface area contributed by atoms with Gasteiger partial charge >= 0.3 is 0 Å². The minimum atomic E-state index is -0.621. The van der Waals surface area contributed by atoms with E-state index in [-0.39, 0.29) is 6.04 Å². The average Bonchev–Trinajstić information content (AvgIpc) is 2.74. The van der Waals surface area contributed by atoms with Crippen LogP contribution in [0, 0.1) is 0 Å². The SMILES string of the molecule is CC(C)Nc1nc(NC2CCC(N3CCN(C)CC3)CC2)nc2cnc([C@@H](C)O)cc12. The molecule has 1 saturated carbocycles. The van der Waals surface area contributed by atoms with Gasteiger partial charge in [-0.05, 0) is 59.6 Å². The molecular formula is C23H37N7O. The van der Waals surface area contributed by atoms with Crippen molar-refractivity contribution in [3.05, 3.63) is 18.0 Å². The first-order valence-electron chi connectivity index (χ1n) is 11.7. The molecule has 4 rings (SSSR count). The first-order chi connectivity index (χ1) is 14.9. The highest BCUT2D eigenvalue weighted by atomic mass is 16.3. The van der Waals surface area contributed by atoms with E-state index in [2.05, 4.69) is 46.3 Å². The Hall–Kier alpha value is -2.03. The van der Waals surface area contributed by atoms with E-state index >= 15 is 0 Å². The maximum absolute atomic E-state index is 9.91. The highest BCUT2D eigenvalue weighted by molar-refractivity contribution is 5.90. The van der Waals surface area contributed by atoms with Crippen molar-refractivity contribution in [2.24, 2.45) is 0 Å². The summed E-state index contributed by atoms with van der Waals surface area (Å²) in [5.41, 5.74) is 1.42. The summed E-state index contributed by atoms with van der Waals surface area (Å²) in [5, 5.41) is 17.8. The number of piperazine rings is 1. The molecule has 1 aliphatic carbocycles. The number of aliphatic hydroxyl groups excluding tert-OH is 1. The summed E-state index contributed by atoms with van der Waals surface area (Å²) in [6.07, 6.45) is 5.86. The number of hydrogen-bond donors (Lipinski definition) is 3. The second-order valence-electron chi connectivity index (χ2n) is 9.49. The fourth-order valence-electron chi connectivity index (χ4n) is 4.68. The molecule has 2 aliphatic rings. The summed E-state index contributed by atoms with van der Waals surface area (Å²) >= 11 is 0. The Balaban J connectivity index is 1.45. The molecule has 2 fully saturated rings. The number of aliphatic hydroxyl groups is 1. The van der Waals surface area contributed by atoms with Gasteiger partial charge in [0.15, 0.2) is 0 Å². The van der Waals surface area contributed by atoms with Gasteiger partial charge < -0.3 is 20.6 Å². The van der Waals surface area contributed by atoms with Gasteiger partial charge in [-0.15, -0.1) is 0 Å². The third-order valence-electron chi connectivity index (χ3n) is 6.54. The van der Waals surface area contributed by atoms with Gasteiger partial charge in [-0.1, -0.05) is 0 Å². The Morgan fingerprint density at radius 1 is 1.03 bits per heavy atom. The average molecular weight is 428 g/mol. The smallest absolute Gasteiger partial charge is 0.225 e. The summed E-state index contributed by atoms with van der Waals surface area (Å²) in [6, 6.07) is 3.24. The van der Waals surface area contributed by atoms with Crippen molar-refractivity contribution in [3.63, 3.8) is 0 Å². The van der Waals surface area contributed by atoms with E-state index in [1.807, 2.05) is 6.07 Å². The summed E-state index contributed by atoms with van der Waals surface area (Å²) in [5.74, 6) is 1.45. The fourth-order valence-corrected chi connectivity index (χ4v) is 4.68. The quantitative estimate of drug-likeness (QED) is 0.648. The Morgan fingerprint density at radius 3 is 2.39 bits per heavy atom. The molecule has 3 heterocycles. The zero-order valence-electron chi connectivity index (χ0n) is 19.3. The maximum Gasteiger partial charge on any atom is 0.225 e. The highest BCUT2D eigenvalue weighted by Gasteiger charge is 2.28. The molecule has 0 amide bonds. The highest BCUT2D eigenvalue weighted by Crippen LogP contribution is 2.28. The molecule has 8 nitrogen and oxygen atoms in total. The van der Waals surface area contributed by atoms with Gasteiger partial charge in [-0.2, -0.15) is 4.98 Å². The molecule has 1 atom stereocenters. The Bertz CT molecular complexity index is 872. The molecule has 2 aromatic heterocycles. The van der Waals surface area contributed by atoms with Crippen molar-refractivity contribution in [2.75, 3.05) is 43.9 Å². The molecule has 0 bridgehead atoms. The monoisotopic (exact) mass is 427 g/mol. The van der Waals surface area contributed by atoms with Crippen LogP contribution in [0.25, 0.3) is 10.9 Å². The molecule has 1 aliphatic heterocycles. The normalized spacial score (nSPS) is 24.5. The van der Waals surface area contributed by atoms with Gasteiger partial charge in [-0.25, -0.2) is 4.98 Å². The molecule has 8 heteroatoms. The van der Waals surface area contributed by atoms with E-state index in [1.54, 1.807) is 13.1 Å². The molecule has 31 heavy (non-hydrogen) atoms. The molecule has 170 valence electrons. The lowest BCUT2D eigenvalue weighted by Gasteiger charge is -2.41. The van der Waals surface area contributed by atoms with Crippen LogP contribution in [0.2, 0.25) is 0 Å². The summed E-state index contributed by atoms with van der Waals surface area (Å²) in [4.78, 5) is 19.0. The Labute approximate surface area is 185 Å². The van der Waals surface area contributed by atoms with Crippen molar-refractivity contribution in [1.82, 2.24) is 24.8 Å². The number of aromatic nitrogens is 3. The van der Waals surface area contributed by atoms with Gasteiger partial charge in [0, 0.05) is 49.7 Å². The first kappa shape index (κ1) is 22.2. The number of fused-ring (bicyclic) bond motifs is 1. The molecule has 3 N–H and O–H groups in total. The topological polar surface area (TPSA) is 89.4 Å². The minimum Gasteiger partial charge on any atom is -0.387 e. The van der Waals surface area contributed by atoms with Crippen LogP contribution < -0.4 is 10.6 Å². The van der Waals surface area contributed by atoms with E-state index in [0.717, 1.165) is 29.6 Å². The zero-order valence-corrected chi connectivity index (χ0v) is 19.3. The van der Waals surface area contributed by atoms with E-state index < -0.39 is 6.10 Å². The minimum absolute atomic E-state index is 0.244. The van der Waals surface area contributed by atoms with Gasteiger partial charge in [0.2, 0.25) is 5.95 Å². The maximum atomic E-state index is 9.91. The fraction of sp³-hybridized carbons (Fsp3) is 0.696. The number of pyridine rings is 1. The van der Waals surface area contributed by atoms with E-state index in [4.69, 9.17) is 9.97 Å². The van der Waals surface area contributed by atoms with Crippen molar-refractivity contribution in [2.45, 2.75) is 70.7 Å². The van der Waals surface area contributed by atoms with E-state index in [1.165, 1.54) is 39.0 Å². The van der Waals surface area contributed by atoms with Crippen LogP contribution in [-0.2, 0) is 0 Å². The van der Waals surface area contributed by atoms with Gasteiger partial charge in [0.1, 0.15) is 5.82 Å². The van der Waals surface area contributed by atoms with Crippen LogP contribution in [-0.4, -0.2) is 81.2 Å². The van der Waals surface area contributed by atoms with Crippen molar-refractivity contribution in [1.29, 1.82) is 0 Å². The summed E-state index contributed by atoms with van der Waals surface area (Å²) in [7, 11) is 2.21. The zero-order chi connectivity index (χ0) is 22.0. The predicted octanol–water partition coefficient (Wildman–Crippen LogP) is 2.87. The Kier molecular flexibility index (Phi) is 6.89. The molecule has 0 radical (unpaired) electrons. The largest absolute Gasteiger partial charge is 0.387 e. The standard InChI is InChI=1S/C23H37N7O/c1-15(2)25-22-19-13-20(16(3)31)24-14-21(19)27-23(28-22)26-17-5-7-18(8-6-17)30-11-9-29(4)10-12-30/h13-18,31H,5-12H2,1-4H3,(H2,25,26,27,28)/t16-,17?,18?/m1/s1. The van der Waals surface area contributed by atoms with Crippen molar-refractivity contribution in [3.8, 4) is 0 Å². The Morgan fingerprint density at radius 2 is 1.74 bits per heavy atom. The molecule has 0 spiro atoms. The molecule has 1 saturated heterocycles. The molecule has 0 unspecified atom stereocenters. The van der Waals surface area contributed by atoms with Crippen molar-refractivity contribution < 1.29 is 5.11 Å². The summed E-state index contributed by atoms with van der Waals surface area (Å²) < 4.78 is 0. The summed E-state index contributed by atoms with van der Waals surface area (Å²) in [6.45, 7) is 10.7. The second-order valence-corrected chi connectivity index (χ2v) is 9.49. The number of nitrogens with zero attached hydrogens (tertiary/aromatic N) is 5. The predicted molar refractivity (Wildman–Crippen MR) is 125 cm³/mol. The molecule has 0 aromatic carbocycles. The molecular weight excluding hydrogens is 390 g/mol. The van der Waals surface area contributed by atoms with Crippen LogP contribution in [0.4, 0.5) is 11.8 Å². The third kappa shape index (κ3) is 5.42. The first-order valence-corrected chi connectivity index (χ1v) is 11.7. The number of nitrogens with one attached hydrogen (secondary N) is 2. The van der Waals surface area contributed by atoms with E-state index in [9.17, 15) is 5.11 Å². The number of rotatable bonds is 6. The lowest BCUT2D eigenvalue weighted by molar-refractivity contribution is 0.0894. The van der Waals surface area contributed by atoms with Crippen molar-refractivity contribution >= 4 is 22.7 Å². The van der Waals surface area contributed by atoms with Crippen LogP contribution in [0.3, 0.4) is 0 Å². The lowest BCUT2D eigenvalue weighted by atomic mass is 9.90. The van der Waals surface area contributed by atoms with E-state index in [0.29, 0.717) is 23.7 Å². The van der Waals surface area contributed by atoms with Gasteiger partial charge in [-0.3, -0.25) is 9.88 Å². The second kappa shape index (κ2) is 9.63. The number of hydrogen-bond acceptors (Lipinski definition) is 8. The molecule has 2 aromatic rings. The van der Waals surface area contributed by atoms with Gasteiger partial charge in [0.05, 0.1) is 23.5 Å². The lowest BCUT2D eigenvalue weighted by Crippen LogP contribution is -2.50. The van der Waals surface area contributed by atoms with Gasteiger partial charge in [0.25, 0.3) is 0 Å². The van der Waals surface area contributed by atoms with Crippen LogP contribution >= 0.6 is 0 Å². The number of anilines is 2. The number of likely N-dealkylation sites (N-methyl/N-ethyl adjacent to an activating group) is 1. The van der Waals surface area contributed by atoms with Crippen LogP contribution in [0.1, 0.15) is 58.3 Å².